The molecule has 0 aliphatic carbocycles. The number of piperidine rings is 1. The number of nitrogens with one attached hydrogen (secondary N) is 1. The highest BCUT2D eigenvalue weighted by atomic mass is 16.2. The average molecular weight is 285 g/mol. The van der Waals surface area contributed by atoms with Crippen molar-refractivity contribution in [1.82, 2.24) is 10.2 Å². The predicted molar refractivity (Wildman–Crippen MR) is 78.0 cm³/mol. The zero-order valence-electron chi connectivity index (χ0n) is 12.1. The molecule has 0 radical (unpaired) electrons. The lowest BCUT2D eigenvalue weighted by atomic mass is 9.97. The van der Waals surface area contributed by atoms with Crippen molar-refractivity contribution in [3.8, 4) is 6.07 Å². The van der Waals surface area contributed by atoms with Gasteiger partial charge in [-0.25, -0.2) is 0 Å². The maximum Gasteiger partial charge on any atom is 0.225 e. The smallest absolute Gasteiger partial charge is 0.225 e. The van der Waals surface area contributed by atoms with Crippen molar-refractivity contribution >= 4 is 11.8 Å². The molecule has 1 fully saturated rings. The summed E-state index contributed by atoms with van der Waals surface area (Å²) in [6.07, 6.45) is 1.68. The van der Waals surface area contributed by atoms with Gasteiger partial charge in [-0.1, -0.05) is 12.1 Å². The molecule has 2 rings (SSSR count). The maximum absolute atomic E-state index is 12.2. The fraction of sp³-hybridized carbons (Fsp3) is 0.438. The third-order valence-electron chi connectivity index (χ3n) is 3.76. The van der Waals surface area contributed by atoms with E-state index in [1.807, 2.05) is 6.07 Å². The van der Waals surface area contributed by atoms with Crippen LogP contribution in [0.4, 0.5) is 0 Å². The van der Waals surface area contributed by atoms with E-state index >= 15 is 0 Å². The largest absolute Gasteiger partial charge is 0.352 e. The number of amides is 2. The molecule has 1 aliphatic rings. The molecular weight excluding hydrogens is 266 g/mol. The Bertz CT molecular complexity index is 577. The summed E-state index contributed by atoms with van der Waals surface area (Å²) < 4.78 is 0. The molecule has 1 saturated heterocycles. The van der Waals surface area contributed by atoms with Gasteiger partial charge in [0.25, 0.3) is 0 Å². The van der Waals surface area contributed by atoms with Crippen molar-refractivity contribution in [3.05, 3.63) is 35.4 Å². The summed E-state index contributed by atoms with van der Waals surface area (Å²) in [5.41, 5.74) is 1.49. The molecule has 1 N–H and O–H groups in total. The monoisotopic (exact) mass is 285 g/mol. The van der Waals surface area contributed by atoms with E-state index in [0.29, 0.717) is 18.7 Å². The lowest BCUT2D eigenvalue weighted by molar-refractivity contribution is -0.134. The van der Waals surface area contributed by atoms with Crippen LogP contribution in [0.2, 0.25) is 0 Å². The molecule has 5 nitrogen and oxygen atoms in total. The Labute approximate surface area is 124 Å². The van der Waals surface area contributed by atoms with Gasteiger partial charge in [0, 0.05) is 26.6 Å². The first-order chi connectivity index (χ1) is 10.1. The molecule has 1 heterocycles. The first kappa shape index (κ1) is 15.0. The summed E-state index contributed by atoms with van der Waals surface area (Å²) in [6.45, 7) is 3.18. The minimum absolute atomic E-state index is 0.0224. The van der Waals surface area contributed by atoms with Crippen LogP contribution < -0.4 is 5.32 Å². The Morgan fingerprint density at radius 2 is 2.29 bits per heavy atom. The van der Waals surface area contributed by atoms with Gasteiger partial charge in [0.1, 0.15) is 0 Å². The molecule has 0 aromatic heterocycles. The predicted octanol–water partition coefficient (Wildman–Crippen LogP) is 1.43. The second-order valence-corrected chi connectivity index (χ2v) is 5.33. The first-order valence-corrected chi connectivity index (χ1v) is 7.12. The summed E-state index contributed by atoms with van der Waals surface area (Å²) in [6, 6.07) is 9.26. The number of nitrogens with zero attached hydrogens (tertiary/aromatic N) is 2. The summed E-state index contributed by atoms with van der Waals surface area (Å²) in [5.74, 6) is -0.140. The maximum atomic E-state index is 12.2. The molecule has 0 unspecified atom stereocenters. The third-order valence-corrected chi connectivity index (χ3v) is 3.76. The van der Waals surface area contributed by atoms with Crippen LogP contribution in [0.25, 0.3) is 0 Å². The number of likely N-dealkylation sites (tertiary alicyclic amines) is 1. The molecule has 2 amide bonds. The summed E-state index contributed by atoms with van der Waals surface area (Å²) in [7, 11) is 0. The van der Waals surface area contributed by atoms with Crippen molar-refractivity contribution in [2.45, 2.75) is 26.3 Å². The van der Waals surface area contributed by atoms with Gasteiger partial charge in [0.2, 0.25) is 11.8 Å². The van der Waals surface area contributed by atoms with Gasteiger partial charge in [-0.15, -0.1) is 0 Å². The van der Waals surface area contributed by atoms with E-state index in [2.05, 4.69) is 11.4 Å². The van der Waals surface area contributed by atoms with E-state index in [1.54, 1.807) is 23.1 Å². The van der Waals surface area contributed by atoms with Crippen molar-refractivity contribution in [1.29, 1.82) is 5.26 Å². The van der Waals surface area contributed by atoms with Crippen molar-refractivity contribution in [2.75, 3.05) is 13.1 Å². The lowest BCUT2D eigenvalue weighted by Gasteiger charge is -2.31. The van der Waals surface area contributed by atoms with Crippen molar-refractivity contribution in [3.63, 3.8) is 0 Å². The van der Waals surface area contributed by atoms with Crippen LogP contribution in [0, 0.1) is 17.2 Å². The van der Waals surface area contributed by atoms with E-state index in [4.69, 9.17) is 5.26 Å². The summed E-state index contributed by atoms with van der Waals surface area (Å²) in [4.78, 5) is 25.3. The Balaban J connectivity index is 1.89. The van der Waals surface area contributed by atoms with Crippen LogP contribution in [-0.2, 0) is 16.1 Å². The summed E-state index contributed by atoms with van der Waals surface area (Å²) in [5, 5.41) is 11.7. The molecule has 1 atom stereocenters. The topological polar surface area (TPSA) is 73.2 Å². The lowest BCUT2D eigenvalue weighted by Crippen LogP contribution is -2.44. The van der Waals surface area contributed by atoms with E-state index in [9.17, 15) is 9.59 Å². The minimum atomic E-state index is -0.137. The zero-order chi connectivity index (χ0) is 15.2. The number of nitriles is 1. The number of hydrogen-bond acceptors (Lipinski definition) is 3. The van der Waals surface area contributed by atoms with Gasteiger partial charge < -0.3 is 10.2 Å². The quantitative estimate of drug-likeness (QED) is 0.913. The Morgan fingerprint density at radius 1 is 1.48 bits per heavy atom. The highest BCUT2D eigenvalue weighted by Gasteiger charge is 2.26. The van der Waals surface area contributed by atoms with Crippen LogP contribution in [0.15, 0.2) is 24.3 Å². The standard InChI is InChI=1S/C16H19N3O2/c1-12(20)19-7-3-6-15(11-19)16(21)18-10-14-5-2-4-13(8-14)9-17/h2,4-5,8,15H,3,6-7,10-11H2,1H3,(H,18,21)/t15-/m0/s1. The molecule has 21 heavy (non-hydrogen) atoms. The fourth-order valence-corrected chi connectivity index (χ4v) is 2.56. The second-order valence-electron chi connectivity index (χ2n) is 5.33. The van der Waals surface area contributed by atoms with Crippen LogP contribution in [-0.4, -0.2) is 29.8 Å². The summed E-state index contributed by atoms with van der Waals surface area (Å²) >= 11 is 0. The Kier molecular flexibility index (Phi) is 4.94. The van der Waals surface area contributed by atoms with E-state index in [-0.39, 0.29) is 17.7 Å². The molecule has 1 aromatic carbocycles. The molecular formula is C16H19N3O2. The second kappa shape index (κ2) is 6.89. The van der Waals surface area contributed by atoms with Gasteiger partial charge in [-0.2, -0.15) is 5.26 Å². The number of carbonyl (C=O) groups is 2. The number of hydrogen-bond donors (Lipinski definition) is 1. The fourth-order valence-electron chi connectivity index (χ4n) is 2.56. The van der Waals surface area contributed by atoms with Crippen molar-refractivity contribution in [2.24, 2.45) is 5.92 Å². The van der Waals surface area contributed by atoms with E-state index in [1.165, 1.54) is 6.92 Å². The minimum Gasteiger partial charge on any atom is -0.352 e. The van der Waals surface area contributed by atoms with E-state index in [0.717, 1.165) is 24.9 Å². The third kappa shape index (κ3) is 4.06. The van der Waals surface area contributed by atoms with E-state index < -0.39 is 0 Å². The number of carbonyl (C=O) groups excluding carboxylic acids is 2. The molecule has 0 spiro atoms. The van der Waals surface area contributed by atoms with Crippen LogP contribution in [0.3, 0.4) is 0 Å². The molecule has 0 saturated carbocycles. The Hall–Kier alpha value is -2.35. The SMILES string of the molecule is CC(=O)N1CCC[C@H](C(=O)NCc2cccc(C#N)c2)C1. The van der Waals surface area contributed by atoms with Gasteiger partial charge in [0.15, 0.2) is 0 Å². The Morgan fingerprint density at radius 3 is 3.00 bits per heavy atom. The molecule has 1 aliphatic heterocycles. The van der Waals surface area contributed by atoms with Crippen LogP contribution in [0.5, 0.6) is 0 Å². The van der Waals surface area contributed by atoms with Crippen molar-refractivity contribution < 1.29 is 9.59 Å². The molecule has 110 valence electrons. The highest BCUT2D eigenvalue weighted by molar-refractivity contribution is 5.80. The van der Waals surface area contributed by atoms with Crippen LogP contribution in [0.1, 0.15) is 30.9 Å². The van der Waals surface area contributed by atoms with Crippen LogP contribution >= 0.6 is 0 Å². The van der Waals surface area contributed by atoms with Gasteiger partial charge >= 0.3 is 0 Å². The number of benzene rings is 1. The molecule has 5 heteroatoms. The first-order valence-electron chi connectivity index (χ1n) is 7.12. The number of rotatable bonds is 3. The normalized spacial score (nSPS) is 17.9. The van der Waals surface area contributed by atoms with Gasteiger partial charge in [-0.3, -0.25) is 9.59 Å². The highest BCUT2D eigenvalue weighted by Crippen LogP contribution is 2.17. The van der Waals surface area contributed by atoms with Gasteiger partial charge in [0.05, 0.1) is 17.6 Å². The van der Waals surface area contributed by atoms with Gasteiger partial charge in [-0.05, 0) is 30.5 Å². The zero-order valence-corrected chi connectivity index (χ0v) is 12.1. The molecule has 1 aromatic rings. The average Bonchev–Trinajstić information content (AvgIpc) is 2.53. The molecule has 0 bridgehead atoms.